The van der Waals surface area contributed by atoms with Crippen LogP contribution in [0, 0.1) is 0 Å². The van der Waals surface area contributed by atoms with E-state index in [-0.39, 0.29) is 12.0 Å². The molecule has 1 saturated carbocycles. The summed E-state index contributed by atoms with van der Waals surface area (Å²) in [4.78, 5) is 16.8. The van der Waals surface area contributed by atoms with E-state index in [1.807, 2.05) is 43.3 Å². The standard InChI is InChI=1S/C29H38N2O6/c1-18(17-29(5,33)31-27(32)37-28(2,3)4)19-11-13-23-22(15-19)30-26(36-23)20-12-14-24(25(16-20)34-6)35-21-9-7-8-10-21/h11-16,18,21,33H,7-10,17H2,1-6H3,(H,31,32). The summed E-state index contributed by atoms with van der Waals surface area (Å²) in [5, 5.41) is 13.3. The number of nitrogens with zero attached hydrogens (tertiary/aromatic N) is 1. The molecule has 1 aromatic heterocycles. The molecule has 2 unspecified atom stereocenters. The lowest BCUT2D eigenvalue weighted by Crippen LogP contribution is -2.48. The Labute approximate surface area is 218 Å². The quantitative estimate of drug-likeness (QED) is 0.331. The SMILES string of the molecule is COc1cc(-c2nc3cc(C(C)CC(C)(O)NC(=O)OC(C)(C)C)ccc3o2)ccc1OC1CCCC1. The van der Waals surface area contributed by atoms with Crippen molar-refractivity contribution in [3.63, 3.8) is 0 Å². The highest BCUT2D eigenvalue weighted by atomic mass is 16.6. The van der Waals surface area contributed by atoms with Gasteiger partial charge in [-0.05, 0) is 95.2 Å². The van der Waals surface area contributed by atoms with Crippen LogP contribution < -0.4 is 14.8 Å². The van der Waals surface area contributed by atoms with Gasteiger partial charge in [0.15, 0.2) is 17.1 Å². The number of fused-ring (bicyclic) bond motifs is 1. The van der Waals surface area contributed by atoms with E-state index in [4.69, 9.17) is 23.6 Å². The van der Waals surface area contributed by atoms with Gasteiger partial charge in [-0.2, -0.15) is 0 Å². The van der Waals surface area contributed by atoms with E-state index in [1.165, 1.54) is 12.8 Å². The second-order valence-corrected chi connectivity index (χ2v) is 11.1. The van der Waals surface area contributed by atoms with Gasteiger partial charge in [-0.25, -0.2) is 9.78 Å². The molecule has 2 aromatic carbocycles. The van der Waals surface area contributed by atoms with Crippen LogP contribution in [0.25, 0.3) is 22.6 Å². The van der Waals surface area contributed by atoms with Gasteiger partial charge in [0.05, 0.1) is 13.2 Å². The number of benzene rings is 2. The average Bonchev–Trinajstić information content (AvgIpc) is 3.46. The van der Waals surface area contributed by atoms with Gasteiger partial charge in [-0.3, -0.25) is 5.32 Å². The maximum absolute atomic E-state index is 12.1. The van der Waals surface area contributed by atoms with Gasteiger partial charge < -0.3 is 23.7 Å². The van der Waals surface area contributed by atoms with E-state index >= 15 is 0 Å². The van der Waals surface area contributed by atoms with E-state index < -0.39 is 17.4 Å². The first kappa shape index (κ1) is 26.8. The molecule has 1 heterocycles. The van der Waals surface area contributed by atoms with Crippen molar-refractivity contribution in [1.29, 1.82) is 0 Å². The molecule has 200 valence electrons. The van der Waals surface area contributed by atoms with Crippen LogP contribution in [0.2, 0.25) is 0 Å². The molecule has 2 atom stereocenters. The molecule has 8 nitrogen and oxygen atoms in total. The Morgan fingerprint density at radius 1 is 1.14 bits per heavy atom. The zero-order valence-electron chi connectivity index (χ0n) is 22.6. The number of methoxy groups -OCH3 is 1. The molecular formula is C29H38N2O6. The maximum Gasteiger partial charge on any atom is 0.409 e. The molecular weight excluding hydrogens is 472 g/mol. The van der Waals surface area contributed by atoms with Crippen LogP contribution in [0.5, 0.6) is 11.5 Å². The first-order valence-corrected chi connectivity index (χ1v) is 12.9. The second kappa shape index (κ2) is 10.6. The molecule has 1 amide bonds. The fourth-order valence-electron chi connectivity index (χ4n) is 4.75. The third-order valence-electron chi connectivity index (χ3n) is 6.46. The number of aromatic nitrogens is 1. The van der Waals surface area contributed by atoms with Gasteiger partial charge in [0.25, 0.3) is 0 Å². The van der Waals surface area contributed by atoms with Crippen LogP contribution in [0.4, 0.5) is 4.79 Å². The van der Waals surface area contributed by atoms with Crippen LogP contribution in [-0.2, 0) is 4.74 Å². The van der Waals surface area contributed by atoms with Crippen molar-refractivity contribution in [1.82, 2.24) is 10.3 Å². The highest BCUT2D eigenvalue weighted by molar-refractivity contribution is 5.77. The number of carbonyl (C=O) groups excluding carboxylic acids is 1. The highest BCUT2D eigenvalue weighted by Crippen LogP contribution is 2.36. The van der Waals surface area contributed by atoms with Crippen LogP contribution in [0.3, 0.4) is 0 Å². The van der Waals surface area contributed by atoms with Gasteiger partial charge in [-0.1, -0.05) is 13.0 Å². The summed E-state index contributed by atoms with van der Waals surface area (Å²) in [5.74, 6) is 1.81. The fraction of sp³-hybridized carbons (Fsp3) is 0.517. The summed E-state index contributed by atoms with van der Waals surface area (Å²) < 4.78 is 23.0. The summed E-state index contributed by atoms with van der Waals surface area (Å²) in [5.41, 5.74) is 1.06. The van der Waals surface area contributed by atoms with Crippen LogP contribution in [0.15, 0.2) is 40.8 Å². The Morgan fingerprint density at radius 2 is 1.86 bits per heavy atom. The van der Waals surface area contributed by atoms with Crippen molar-refractivity contribution in [3.05, 3.63) is 42.0 Å². The third kappa shape index (κ3) is 6.95. The Bertz CT molecular complexity index is 1240. The Hall–Kier alpha value is -3.26. The monoisotopic (exact) mass is 510 g/mol. The molecule has 2 N–H and O–H groups in total. The van der Waals surface area contributed by atoms with Crippen LogP contribution in [0.1, 0.15) is 78.2 Å². The van der Waals surface area contributed by atoms with E-state index in [0.717, 1.165) is 29.7 Å². The zero-order chi connectivity index (χ0) is 26.8. The number of alkyl carbamates (subject to hydrolysis) is 1. The minimum atomic E-state index is -1.44. The summed E-state index contributed by atoms with van der Waals surface area (Å²) in [6.45, 7) is 8.88. The Balaban J connectivity index is 1.48. The topological polar surface area (TPSA) is 103 Å². The molecule has 1 aliphatic carbocycles. The molecule has 1 aliphatic rings. The number of nitrogens with one attached hydrogen (secondary N) is 1. The molecule has 0 radical (unpaired) electrons. The number of amides is 1. The lowest BCUT2D eigenvalue weighted by Gasteiger charge is -2.29. The van der Waals surface area contributed by atoms with Crippen molar-refractivity contribution >= 4 is 17.2 Å². The van der Waals surface area contributed by atoms with E-state index in [2.05, 4.69) is 5.32 Å². The fourth-order valence-corrected chi connectivity index (χ4v) is 4.75. The number of hydrogen-bond acceptors (Lipinski definition) is 7. The zero-order valence-corrected chi connectivity index (χ0v) is 22.6. The average molecular weight is 511 g/mol. The molecule has 8 heteroatoms. The number of oxazole rings is 1. The molecule has 0 spiro atoms. The second-order valence-electron chi connectivity index (χ2n) is 11.1. The largest absolute Gasteiger partial charge is 0.493 e. The number of hydrogen-bond donors (Lipinski definition) is 2. The number of ether oxygens (including phenoxy) is 3. The maximum atomic E-state index is 12.1. The van der Waals surface area contributed by atoms with Crippen molar-refractivity contribution in [3.8, 4) is 23.0 Å². The van der Waals surface area contributed by atoms with E-state index in [9.17, 15) is 9.90 Å². The van der Waals surface area contributed by atoms with Gasteiger partial charge in [0.1, 0.15) is 16.8 Å². The number of carbonyl (C=O) groups is 1. The van der Waals surface area contributed by atoms with Crippen molar-refractivity contribution in [2.75, 3.05) is 7.11 Å². The van der Waals surface area contributed by atoms with Gasteiger partial charge in [0, 0.05) is 12.0 Å². The summed E-state index contributed by atoms with van der Waals surface area (Å²) in [6, 6.07) is 11.5. The summed E-state index contributed by atoms with van der Waals surface area (Å²) >= 11 is 0. The summed E-state index contributed by atoms with van der Waals surface area (Å²) in [6.07, 6.45) is 4.42. The van der Waals surface area contributed by atoms with Gasteiger partial charge in [-0.15, -0.1) is 0 Å². The van der Waals surface area contributed by atoms with Crippen LogP contribution in [-0.4, -0.2) is 40.7 Å². The number of aliphatic hydroxyl groups is 1. The highest BCUT2D eigenvalue weighted by Gasteiger charge is 2.29. The van der Waals surface area contributed by atoms with E-state index in [1.54, 1.807) is 34.8 Å². The normalized spacial score (nSPS) is 16.8. The smallest absolute Gasteiger partial charge is 0.409 e. The predicted octanol–water partition coefficient (Wildman–Crippen LogP) is 6.55. The van der Waals surface area contributed by atoms with Crippen LogP contribution >= 0.6 is 0 Å². The minimum absolute atomic E-state index is 0.0680. The van der Waals surface area contributed by atoms with Crippen molar-refractivity contribution in [2.24, 2.45) is 0 Å². The molecule has 0 aliphatic heterocycles. The van der Waals surface area contributed by atoms with Gasteiger partial charge >= 0.3 is 6.09 Å². The molecule has 4 rings (SSSR count). The molecule has 0 bridgehead atoms. The lowest BCUT2D eigenvalue weighted by molar-refractivity contribution is -0.0103. The van der Waals surface area contributed by atoms with Gasteiger partial charge in [0.2, 0.25) is 5.89 Å². The first-order chi connectivity index (χ1) is 17.4. The summed E-state index contributed by atoms with van der Waals surface area (Å²) in [7, 11) is 1.63. The Kier molecular flexibility index (Phi) is 7.69. The third-order valence-corrected chi connectivity index (χ3v) is 6.46. The predicted molar refractivity (Wildman–Crippen MR) is 142 cm³/mol. The van der Waals surface area contributed by atoms with Crippen molar-refractivity contribution < 1.29 is 28.5 Å². The number of rotatable bonds is 8. The molecule has 37 heavy (non-hydrogen) atoms. The minimum Gasteiger partial charge on any atom is -0.493 e. The molecule has 0 saturated heterocycles. The first-order valence-electron chi connectivity index (χ1n) is 12.9. The van der Waals surface area contributed by atoms with E-state index in [0.29, 0.717) is 29.2 Å². The molecule has 1 fully saturated rings. The molecule has 3 aromatic rings. The van der Waals surface area contributed by atoms with Crippen molar-refractivity contribution in [2.45, 2.75) is 90.1 Å². The Morgan fingerprint density at radius 3 is 2.54 bits per heavy atom. The lowest BCUT2D eigenvalue weighted by atomic mass is 9.92.